The predicted octanol–water partition coefficient (Wildman–Crippen LogP) is 2.58. The van der Waals surface area contributed by atoms with Gasteiger partial charge in [0, 0.05) is 19.0 Å². The van der Waals surface area contributed by atoms with Gasteiger partial charge in [0.1, 0.15) is 6.04 Å². The smallest absolute Gasteiger partial charge is 0.326 e. The van der Waals surface area contributed by atoms with Crippen LogP contribution in [0.15, 0.2) is 23.1 Å². The zero-order valence-corrected chi connectivity index (χ0v) is 18.6. The first-order valence-corrected chi connectivity index (χ1v) is 12.3. The lowest BCUT2D eigenvalue weighted by molar-refractivity contribution is -0.143. The predicted molar refractivity (Wildman–Crippen MR) is 114 cm³/mol. The monoisotopic (exact) mass is 436 g/mol. The van der Waals surface area contributed by atoms with E-state index in [1.54, 1.807) is 6.07 Å². The summed E-state index contributed by atoms with van der Waals surface area (Å²) in [6.07, 6.45) is 5.31. The van der Waals surface area contributed by atoms with E-state index in [0.29, 0.717) is 24.2 Å². The van der Waals surface area contributed by atoms with Gasteiger partial charge in [0.2, 0.25) is 15.9 Å². The summed E-state index contributed by atoms with van der Waals surface area (Å²) in [7, 11) is -3.59. The summed E-state index contributed by atoms with van der Waals surface area (Å²) in [4.78, 5) is 24.3. The fourth-order valence-corrected chi connectivity index (χ4v) is 5.88. The Balaban J connectivity index is 1.61. The maximum atomic E-state index is 13.1. The second kappa shape index (κ2) is 9.47. The molecule has 2 N–H and O–H groups in total. The average molecular weight is 437 g/mol. The number of sulfonamides is 1. The lowest BCUT2D eigenvalue weighted by Crippen LogP contribution is -2.47. The van der Waals surface area contributed by atoms with Gasteiger partial charge in [-0.05, 0) is 74.1 Å². The molecule has 30 heavy (non-hydrogen) atoms. The first-order valence-electron chi connectivity index (χ1n) is 10.8. The van der Waals surface area contributed by atoms with E-state index in [0.717, 1.165) is 31.2 Å². The summed E-state index contributed by atoms with van der Waals surface area (Å²) >= 11 is 0. The third kappa shape index (κ3) is 5.21. The van der Waals surface area contributed by atoms with Gasteiger partial charge in [0.05, 0.1) is 4.90 Å². The summed E-state index contributed by atoms with van der Waals surface area (Å²) in [6, 6.07) is 4.53. The van der Waals surface area contributed by atoms with Crippen LogP contribution in [0.25, 0.3) is 0 Å². The Labute approximate surface area is 178 Å². The minimum absolute atomic E-state index is 0.148. The van der Waals surface area contributed by atoms with Crippen molar-refractivity contribution in [3.63, 3.8) is 0 Å². The SMILES string of the molecule is CC(C)CC(NC(=O)C1CCN(S(=O)(=O)c2ccc3c(c2)CCCC3)CC1)C(=O)O. The van der Waals surface area contributed by atoms with Gasteiger partial charge in [0.15, 0.2) is 0 Å². The van der Waals surface area contributed by atoms with Gasteiger partial charge in [0.25, 0.3) is 0 Å². The third-order valence-corrected chi connectivity index (χ3v) is 8.00. The molecule has 0 aromatic heterocycles. The van der Waals surface area contributed by atoms with Crippen LogP contribution in [-0.4, -0.2) is 48.8 Å². The Hall–Kier alpha value is -1.93. The number of nitrogens with zero attached hydrogens (tertiary/aromatic N) is 1. The topological polar surface area (TPSA) is 104 Å². The first kappa shape index (κ1) is 22.7. The highest BCUT2D eigenvalue weighted by Gasteiger charge is 2.34. The number of rotatable bonds is 7. The largest absolute Gasteiger partial charge is 0.480 e. The van der Waals surface area contributed by atoms with Gasteiger partial charge in [-0.1, -0.05) is 19.9 Å². The Kier molecular flexibility index (Phi) is 7.18. The van der Waals surface area contributed by atoms with Crippen LogP contribution in [0.2, 0.25) is 0 Å². The molecule has 0 radical (unpaired) electrons. The molecular weight excluding hydrogens is 404 g/mol. The number of benzene rings is 1. The molecule has 1 aliphatic carbocycles. The lowest BCUT2D eigenvalue weighted by Gasteiger charge is -2.31. The van der Waals surface area contributed by atoms with Gasteiger partial charge in [-0.2, -0.15) is 4.31 Å². The van der Waals surface area contributed by atoms with Crippen LogP contribution in [0.4, 0.5) is 0 Å². The van der Waals surface area contributed by atoms with Crippen molar-refractivity contribution in [3.05, 3.63) is 29.3 Å². The number of hydrogen-bond donors (Lipinski definition) is 2. The molecule has 0 spiro atoms. The summed E-state index contributed by atoms with van der Waals surface area (Å²) < 4.78 is 27.6. The fourth-order valence-electron chi connectivity index (χ4n) is 4.36. The number of aliphatic carboxylic acids is 1. The molecule has 1 unspecified atom stereocenters. The number of nitrogens with one attached hydrogen (secondary N) is 1. The number of carboxylic acid groups (broad SMARTS) is 1. The average Bonchev–Trinajstić information content (AvgIpc) is 2.72. The van der Waals surface area contributed by atoms with Crippen molar-refractivity contribution in [2.24, 2.45) is 11.8 Å². The highest BCUT2D eigenvalue weighted by Crippen LogP contribution is 2.28. The van der Waals surface area contributed by atoms with Crippen molar-refractivity contribution in [3.8, 4) is 0 Å². The van der Waals surface area contributed by atoms with Crippen molar-refractivity contribution in [1.82, 2.24) is 9.62 Å². The highest BCUT2D eigenvalue weighted by atomic mass is 32.2. The van der Waals surface area contributed by atoms with Crippen LogP contribution in [0.5, 0.6) is 0 Å². The Bertz CT molecular complexity index is 889. The molecule has 1 fully saturated rings. The molecule has 3 rings (SSSR count). The van der Waals surface area contributed by atoms with E-state index in [1.807, 2.05) is 26.0 Å². The molecule has 1 amide bonds. The van der Waals surface area contributed by atoms with E-state index in [2.05, 4.69) is 5.32 Å². The normalized spacial score (nSPS) is 19.3. The first-order chi connectivity index (χ1) is 14.2. The van der Waals surface area contributed by atoms with Crippen LogP contribution in [0.3, 0.4) is 0 Å². The van der Waals surface area contributed by atoms with Crippen LogP contribution in [0.1, 0.15) is 57.1 Å². The molecular formula is C22H32N2O5S. The number of carbonyl (C=O) groups is 2. The third-order valence-electron chi connectivity index (χ3n) is 6.10. The number of amides is 1. The number of carbonyl (C=O) groups excluding carboxylic acids is 1. The molecule has 0 saturated carbocycles. The van der Waals surface area contributed by atoms with Gasteiger partial charge in [-0.15, -0.1) is 0 Å². The van der Waals surface area contributed by atoms with Crippen molar-refractivity contribution in [2.45, 2.75) is 69.7 Å². The second-order valence-corrected chi connectivity index (χ2v) is 10.8. The standard InChI is InChI=1S/C22H32N2O5S/c1-15(2)13-20(22(26)27)23-21(25)17-9-11-24(12-10-17)30(28,29)19-8-7-16-5-3-4-6-18(16)14-19/h7-8,14-15,17,20H,3-6,9-13H2,1-2H3,(H,23,25)(H,26,27). The summed E-state index contributed by atoms with van der Waals surface area (Å²) in [5.74, 6) is -1.55. The summed E-state index contributed by atoms with van der Waals surface area (Å²) in [6.45, 7) is 4.34. The van der Waals surface area contributed by atoms with Gasteiger partial charge < -0.3 is 10.4 Å². The van der Waals surface area contributed by atoms with E-state index in [1.165, 1.54) is 9.87 Å². The van der Waals surface area contributed by atoms with Crippen LogP contribution < -0.4 is 5.32 Å². The molecule has 1 atom stereocenters. The lowest BCUT2D eigenvalue weighted by atomic mass is 9.92. The van der Waals surface area contributed by atoms with Crippen molar-refractivity contribution in [1.29, 1.82) is 0 Å². The molecule has 7 nitrogen and oxygen atoms in total. The van der Waals surface area contributed by atoms with E-state index in [4.69, 9.17) is 0 Å². The molecule has 2 aliphatic rings. The van der Waals surface area contributed by atoms with Crippen LogP contribution in [0, 0.1) is 11.8 Å². The molecule has 0 bridgehead atoms. The minimum atomic E-state index is -3.59. The summed E-state index contributed by atoms with van der Waals surface area (Å²) in [5.41, 5.74) is 2.37. The van der Waals surface area contributed by atoms with Crippen LogP contribution in [-0.2, 0) is 32.5 Å². The molecule has 1 aromatic carbocycles. The van der Waals surface area contributed by atoms with Crippen LogP contribution >= 0.6 is 0 Å². The Morgan fingerprint density at radius 2 is 1.77 bits per heavy atom. The van der Waals surface area contributed by atoms with E-state index in [9.17, 15) is 23.1 Å². The van der Waals surface area contributed by atoms with Crippen molar-refractivity contribution in [2.75, 3.05) is 13.1 Å². The fraction of sp³-hybridized carbons (Fsp3) is 0.636. The van der Waals surface area contributed by atoms with Gasteiger partial charge in [-0.3, -0.25) is 4.79 Å². The molecule has 1 aromatic rings. The molecule has 1 saturated heterocycles. The number of hydrogen-bond acceptors (Lipinski definition) is 4. The molecule has 1 aliphatic heterocycles. The Morgan fingerprint density at radius 1 is 1.13 bits per heavy atom. The second-order valence-electron chi connectivity index (χ2n) is 8.84. The Morgan fingerprint density at radius 3 is 2.37 bits per heavy atom. The number of piperidine rings is 1. The molecule has 166 valence electrons. The van der Waals surface area contributed by atoms with E-state index < -0.39 is 22.0 Å². The summed E-state index contributed by atoms with van der Waals surface area (Å²) in [5, 5.41) is 12.0. The van der Waals surface area contributed by atoms with E-state index in [-0.39, 0.29) is 30.8 Å². The quantitative estimate of drug-likeness (QED) is 0.684. The maximum absolute atomic E-state index is 13.1. The maximum Gasteiger partial charge on any atom is 0.326 e. The van der Waals surface area contributed by atoms with E-state index >= 15 is 0 Å². The van der Waals surface area contributed by atoms with Crippen molar-refractivity contribution >= 4 is 21.9 Å². The molecule has 1 heterocycles. The van der Waals surface area contributed by atoms with Crippen molar-refractivity contribution < 1.29 is 23.1 Å². The zero-order chi connectivity index (χ0) is 21.9. The van der Waals surface area contributed by atoms with Gasteiger partial charge in [-0.25, -0.2) is 13.2 Å². The zero-order valence-electron chi connectivity index (χ0n) is 17.8. The van der Waals surface area contributed by atoms with Gasteiger partial charge >= 0.3 is 5.97 Å². The number of carboxylic acids is 1. The number of aryl methyl sites for hydroxylation is 2. The number of fused-ring (bicyclic) bond motifs is 1. The minimum Gasteiger partial charge on any atom is -0.480 e. The molecule has 8 heteroatoms. The highest BCUT2D eigenvalue weighted by molar-refractivity contribution is 7.89.